The average molecular weight is 491 g/mol. The van der Waals surface area contributed by atoms with Crippen LogP contribution in [0.2, 0.25) is 0 Å². The second-order valence-corrected chi connectivity index (χ2v) is 8.46. The molecule has 0 spiro atoms. The van der Waals surface area contributed by atoms with Crippen LogP contribution in [0.25, 0.3) is 0 Å². The molecule has 0 aromatic heterocycles. The third kappa shape index (κ3) is 5.54. The molecule has 36 heavy (non-hydrogen) atoms. The molecule has 188 valence electrons. The van der Waals surface area contributed by atoms with Crippen molar-refractivity contribution in [3.05, 3.63) is 77.4 Å². The van der Waals surface area contributed by atoms with Crippen molar-refractivity contribution in [2.45, 2.75) is 26.0 Å². The number of amides is 2. The summed E-state index contributed by atoms with van der Waals surface area (Å²) in [6.07, 6.45) is 0.0277. The summed E-state index contributed by atoms with van der Waals surface area (Å²) in [6, 6.07) is 18.2. The van der Waals surface area contributed by atoms with Gasteiger partial charge in [-0.25, -0.2) is 0 Å². The van der Waals surface area contributed by atoms with E-state index in [1.165, 1.54) is 14.2 Å². The molecule has 0 bridgehead atoms. The van der Waals surface area contributed by atoms with Gasteiger partial charge in [0.15, 0.2) is 6.10 Å². The fourth-order valence-corrected chi connectivity index (χ4v) is 4.17. The van der Waals surface area contributed by atoms with Gasteiger partial charge in [0, 0.05) is 36.0 Å². The molecule has 3 aromatic rings. The van der Waals surface area contributed by atoms with Crippen LogP contribution in [0.3, 0.4) is 0 Å². The van der Waals surface area contributed by atoms with E-state index in [2.05, 4.69) is 5.32 Å². The molecule has 8 nitrogen and oxygen atoms in total. The number of nitrogens with one attached hydrogen (secondary N) is 1. The normalized spacial score (nSPS) is 14.8. The largest absolute Gasteiger partial charge is 0.497 e. The quantitative estimate of drug-likeness (QED) is 0.506. The average Bonchev–Trinajstić information content (AvgIpc) is 3.02. The molecule has 8 heteroatoms. The van der Waals surface area contributed by atoms with E-state index in [4.69, 9.17) is 18.9 Å². The van der Waals surface area contributed by atoms with E-state index < -0.39 is 6.10 Å². The van der Waals surface area contributed by atoms with Crippen molar-refractivity contribution in [2.24, 2.45) is 0 Å². The lowest BCUT2D eigenvalue weighted by molar-refractivity contribution is -0.137. The first-order valence-electron chi connectivity index (χ1n) is 11.7. The van der Waals surface area contributed by atoms with Gasteiger partial charge in [0.2, 0.25) is 0 Å². The Balaban J connectivity index is 1.53. The first-order valence-corrected chi connectivity index (χ1v) is 11.7. The van der Waals surface area contributed by atoms with Crippen molar-refractivity contribution in [2.75, 3.05) is 33.2 Å². The van der Waals surface area contributed by atoms with Crippen LogP contribution < -0.4 is 24.3 Å². The number of methoxy groups -OCH3 is 3. The molecule has 2 amide bonds. The number of carbonyl (C=O) groups is 2. The number of anilines is 1. The van der Waals surface area contributed by atoms with Gasteiger partial charge >= 0.3 is 0 Å². The molecule has 1 atom stereocenters. The number of carbonyl (C=O) groups excluding carboxylic acids is 2. The Morgan fingerprint density at radius 1 is 1.00 bits per heavy atom. The molecule has 1 aliphatic rings. The summed E-state index contributed by atoms with van der Waals surface area (Å²) in [7, 11) is 4.70. The SMILES string of the molecule is COc1cc(OC)cc(C(=O)Nc2ccc3c(c2)CN(CCc2ccccc2OC)C(=O)C(C)O3)c1. The van der Waals surface area contributed by atoms with Gasteiger partial charge in [-0.1, -0.05) is 18.2 Å². The number of ether oxygens (including phenoxy) is 4. The molecule has 1 N–H and O–H groups in total. The van der Waals surface area contributed by atoms with Crippen molar-refractivity contribution in [3.8, 4) is 23.0 Å². The van der Waals surface area contributed by atoms with Crippen LogP contribution in [0.15, 0.2) is 60.7 Å². The Hall–Kier alpha value is -4.20. The first-order chi connectivity index (χ1) is 17.4. The Bertz CT molecular complexity index is 1240. The Morgan fingerprint density at radius 2 is 1.72 bits per heavy atom. The minimum atomic E-state index is -0.617. The molecule has 0 fully saturated rings. The molecule has 0 saturated heterocycles. The topological polar surface area (TPSA) is 86.3 Å². The second-order valence-electron chi connectivity index (χ2n) is 8.46. The molecular weight excluding hydrogens is 460 g/mol. The number of benzene rings is 3. The molecular formula is C28H30N2O6. The van der Waals surface area contributed by atoms with Crippen molar-refractivity contribution in [1.82, 2.24) is 4.90 Å². The van der Waals surface area contributed by atoms with E-state index >= 15 is 0 Å². The van der Waals surface area contributed by atoms with E-state index in [0.717, 1.165) is 16.9 Å². The van der Waals surface area contributed by atoms with Gasteiger partial charge < -0.3 is 29.2 Å². The highest BCUT2D eigenvalue weighted by Crippen LogP contribution is 2.30. The number of rotatable bonds is 8. The summed E-state index contributed by atoms with van der Waals surface area (Å²) < 4.78 is 21.9. The second kappa shape index (κ2) is 11.0. The van der Waals surface area contributed by atoms with Gasteiger partial charge in [-0.15, -0.1) is 0 Å². The zero-order valence-corrected chi connectivity index (χ0v) is 20.9. The van der Waals surface area contributed by atoms with Crippen LogP contribution in [0.4, 0.5) is 5.69 Å². The monoisotopic (exact) mass is 490 g/mol. The van der Waals surface area contributed by atoms with Gasteiger partial charge in [-0.3, -0.25) is 9.59 Å². The summed E-state index contributed by atoms with van der Waals surface area (Å²) in [5.41, 5.74) is 2.84. The molecule has 1 heterocycles. The van der Waals surface area contributed by atoms with E-state index in [-0.39, 0.29) is 11.8 Å². The van der Waals surface area contributed by atoms with Crippen molar-refractivity contribution in [3.63, 3.8) is 0 Å². The summed E-state index contributed by atoms with van der Waals surface area (Å²) in [4.78, 5) is 27.8. The maximum atomic E-state index is 13.0. The molecule has 3 aromatic carbocycles. The standard InChI is InChI=1S/C28H30N2O6/c1-18-28(32)30(12-11-19-7-5-6-8-25(19)35-4)17-21-13-22(9-10-26(21)36-18)29-27(31)20-14-23(33-2)16-24(15-20)34-3/h5-10,13-16,18H,11-12,17H2,1-4H3,(H,29,31). The van der Waals surface area contributed by atoms with E-state index in [0.29, 0.717) is 48.0 Å². The van der Waals surface area contributed by atoms with Gasteiger partial charge in [-0.2, -0.15) is 0 Å². The van der Waals surface area contributed by atoms with E-state index in [1.54, 1.807) is 49.3 Å². The van der Waals surface area contributed by atoms with Gasteiger partial charge in [0.25, 0.3) is 11.8 Å². The fourth-order valence-electron chi connectivity index (χ4n) is 4.17. The maximum Gasteiger partial charge on any atom is 0.263 e. The minimum absolute atomic E-state index is 0.0878. The third-order valence-electron chi connectivity index (χ3n) is 6.10. The van der Waals surface area contributed by atoms with Crippen LogP contribution in [0, 0.1) is 0 Å². The predicted molar refractivity (Wildman–Crippen MR) is 136 cm³/mol. The summed E-state index contributed by atoms with van der Waals surface area (Å²) in [5.74, 6) is 2.07. The highest BCUT2D eigenvalue weighted by atomic mass is 16.5. The van der Waals surface area contributed by atoms with Gasteiger partial charge in [-0.05, 0) is 55.3 Å². The number of para-hydroxylation sites is 1. The van der Waals surface area contributed by atoms with Crippen molar-refractivity contribution >= 4 is 17.5 Å². The molecule has 0 saturated carbocycles. The van der Waals surface area contributed by atoms with E-state index in [1.807, 2.05) is 30.3 Å². The fraction of sp³-hybridized carbons (Fsp3) is 0.286. The third-order valence-corrected chi connectivity index (χ3v) is 6.10. The smallest absolute Gasteiger partial charge is 0.263 e. The van der Waals surface area contributed by atoms with Crippen molar-refractivity contribution in [1.29, 1.82) is 0 Å². The van der Waals surface area contributed by atoms with Crippen LogP contribution in [0.5, 0.6) is 23.0 Å². The highest BCUT2D eigenvalue weighted by molar-refractivity contribution is 6.05. The van der Waals surface area contributed by atoms with Gasteiger partial charge in [0.1, 0.15) is 23.0 Å². The minimum Gasteiger partial charge on any atom is -0.497 e. The molecule has 0 radical (unpaired) electrons. The zero-order valence-electron chi connectivity index (χ0n) is 20.9. The molecule has 1 unspecified atom stereocenters. The first kappa shape index (κ1) is 24.9. The number of hydrogen-bond donors (Lipinski definition) is 1. The van der Waals surface area contributed by atoms with E-state index in [9.17, 15) is 9.59 Å². The summed E-state index contributed by atoms with van der Waals surface area (Å²) in [5, 5.41) is 2.92. The Morgan fingerprint density at radius 3 is 2.42 bits per heavy atom. The van der Waals surface area contributed by atoms with Crippen LogP contribution >= 0.6 is 0 Å². The predicted octanol–water partition coefficient (Wildman–Crippen LogP) is 4.32. The summed E-state index contributed by atoms with van der Waals surface area (Å²) >= 11 is 0. The lowest BCUT2D eigenvalue weighted by atomic mass is 10.1. The highest BCUT2D eigenvalue weighted by Gasteiger charge is 2.28. The molecule has 1 aliphatic heterocycles. The van der Waals surface area contributed by atoms with Crippen LogP contribution in [-0.2, 0) is 17.8 Å². The lowest BCUT2D eigenvalue weighted by Crippen LogP contribution is -2.39. The van der Waals surface area contributed by atoms with Gasteiger partial charge in [0.05, 0.1) is 21.3 Å². The number of hydrogen-bond acceptors (Lipinski definition) is 6. The summed E-state index contributed by atoms with van der Waals surface area (Å²) in [6.45, 7) is 2.62. The maximum absolute atomic E-state index is 13.0. The van der Waals surface area contributed by atoms with Crippen LogP contribution in [0.1, 0.15) is 28.4 Å². The Kier molecular flexibility index (Phi) is 7.63. The Labute approximate surface area is 210 Å². The van der Waals surface area contributed by atoms with Crippen LogP contribution in [-0.4, -0.2) is 50.7 Å². The number of fused-ring (bicyclic) bond motifs is 1. The molecule has 0 aliphatic carbocycles. The number of nitrogens with zero attached hydrogens (tertiary/aromatic N) is 1. The molecule has 4 rings (SSSR count). The van der Waals surface area contributed by atoms with Crippen molar-refractivity contribution < 1.29 is 28.5 Å². The lowest BCUT2D eigenvalue weighted by Gasteiger charge is -2.22. The zero-order chi connectivity index (χ0) is 25.7.